The highest BCUT2D eigenvalue weighted by Crippen LogP contribution is 2.31. The Hall–Kier alpha value is -5.83. The summed E-state index contributed by atoms with van der Waals surface area (Å²) in [7, 11) is 1.49. The lowest BCUT2D eigenvalue weighted by atomic mass is 9.93. The molecule has 0 saturated carbocycles. The van der Waals surface area contributed by atoms with E-state index in [-0.39, 0.29) is 69.3 Å². The summed E-state index contributed by atoms with van der Waals surface area (Å²) in [5, 5.41) is 13.3. The topological polar surface area (TPSA) is 177 Å². The van der Waals surface area contributed by atoms with E-state index in [1.807, 2.05) is 50.2 Å². The standard InChI is InChI=1S/C39H46N8O7/c1-25(2)17-31-38(51)45(15-16-53-3)23-35(48)41-30(18-26-9-5-4-6-10-26)37(50)43-33-22-46(39(52)32-20-34-40-13-8-14-47(34)44-32)21-29(33)27-11-7-12-28(19-27)54-24-36(49)42-31/h4-14,19-20,25,29-31,33H,15-18,21-24H2,1-3H3,(H,41,48)(H,42,49)(H,43,50)/t29-,30-,31+,33+/m0/s1. The van der Waals surface area contributed by atoms with Crippen molar-refractivity contribution in [3.63, 3.8) is 0 Å². The van der Waals surface area contributed by atoms with Crippen LogP contribution < -0.4 is 20.7 Å². The fraction of sp³-hybridized carbons (Fsp3) is 0.410. The summed E-state index contributed by atoms with van der Waals surface area (Å²) in [5.41, 5.74) is 2.33. The third kappa shape index (κ3) is 9.39. The van der Waals surface area contributed by atoms with Gasteiger partial charge in [0.1, 0.15) is 17.8 Å². The van der Waals surface area contributed by atoms with Gasteiger partial charge in [-0.15, -0.1) is 0 Å². The number of benzene rings is 2. The van der Waals surface area contributed by atoms with Crippen molar-refractivity contribution in [2.24, 2.45) is 5.92 Å². The van der Waals surface area contributed by atoms with Crippen molar-refractivity contribution in [3.05, 3.63) is 95.9 Å². The van der Waals surface area contributed by atoms with Crippen molar-refractivity contribution >= 4 is 35.2 Å². The van der Waals surface area contributed by atoms with E-state index in [1.165, 1.54) is 16.5 Å². The molecule has 0 spiro atoms. The molecule has 0 unspecified atom stereocenters. The van der Waals surface area contributed by atoms with E-state index in [9.17, 15) is 24.0 Å². The fourth-order valence-electron chi connectivity index (χ4n) is 6.91. The SMILES string of the molecule is COCCN1CC(=O)N[C@@H](Cc2ccccc2)C(=O)N[C@@H]2CN(C(=O)c3cc4ncccn4n3)C[C@H]2c2cccc(c2)OCC(=O)N[C@H](CC(C)C)C1=O. The number of hydrogen-bond acceptors (Lipinski definition) is 9. The van der Waals surface area contributed by atoms with Gasteiger partial charge in [-0.05, 0) is 41.7 Å². The normalized spacial score (nSPS) is 21.5. The van der Waals surface area contributed by atoms with Crippen LogP contribution in [0.1, 0.15) is 47.8 Å². The number of likely N-dealkylation sites (tertiary alicyclic amines) is 1. The van der Waals surface area contributed by atoms with Gasteiger partial charge in [0.05, 0.1) is 19.2 Å². The first-order valence-electron chi connectivity index (χ1n) is 18.1. The van der Waals surface area contributed by atoms with Crippen molar-refractivity contribution in [2.45, 2.75) is 50.7 Å². The number of nitrogens with zero attached hydrogens (tertiary/aromatic N) is 5. The van der Waals surface area contributed by atoms with Gasteiger partial charge in [0, 0.05) is 57.5 Å². The Bertz CT molecular complexity index is 1940. The molecule has 15 heteroatoms. The summed E-state index contributed by atoms with van der Waals surface area (Å²) in [6, 6.07) is 17.3. The van der Waals surface area contributed by atoms with Gasteiger partial charge in [-0.25, -0.2) is 9.50 Å². The minimum atomic E-state index is -1.02. The molecular weight excluding hydrogens is 692 g/mol. The minimum Gasteiger partial charge on any atom is -0.484 e. The summed E-state index contributed by atoms with van der Waals surface area (Å²) in [6.07, 6.45) is 3.83. The van der Waals surface area contributed by atoms with Gasteiger partial charge in [-0.2, -0.15) is 5.10 Å². The van der Waals surface area contributed by atoms with Crippen molar-refractivity contribution in [3.8, 4) is 5.75 Å². The lowest BCUT2D eigenvalue weighted by molar-refractivity contribution is -0.141. The van der Waals surface area contributed by atoms with E-state index < -0.39 is 41.8 Å². The molecule has 3 N–H and O–H groups in total. The molecule has 54 heavy (non-hydrogen) atoms. The van der Waals surface area contributed by atoms with Crippen molar-refractivity contribution in [1.29, 1.82) is 0 Å². The van der Waals surface area contributed by atoms with Gasteiger partial charge < -0.3 is 35.2 Å². The molecule has 2 aromatic carbocycles. The van der Waals surface area contributed by atoms with Gasteiger partial charge in [0.2, 0.25) is 17.7 Å². The Morgan fingerprint density at radius 2 is 1.74 bits per heavy atom. The molecule has 2 aliphatic rings. The Morgan fingerprint density at radius 1 is 0.944 bits per heavy atom. The lowest BCUT2D eigenvalue weighted by Gasteiger charge is -2.29. The van der Waals surface area contributed by atoms with E-state index >= 15 is 0 Å². The lowest BCUT2D eigenvalue weighted by Crippen LogP contribution is -2.56. The van der Waals surface area contributed by atoms with Crippen LogP contribution in [0, 0.1) is 5.92 Å². The second-order valence-electron chi connectivity index (χ2n) is 14.1. The van der Waals surface area contributed by atoms with E-state index in [1.54, 1.807) is 47.6 Å². The Kier molecular flexibility index (Phi) is 12.2. The van der Waals surface area contributed by atoms with E-state index in [4.69, 9.17) is 9.47 Å². The molecule has 0 aliphatic carbocycles. The van der Waals surface area contributed by atoms with Crippen molar-refractivity contribution in [2.75, 3.05) is 46.5 Å². The van der Waals surface area contributed by atoms with Gasteiger partial charge in [-0.3, -0.25) is 24.0 Å². The van der Waals surface area contributed by atoms with Crippen LogP contribution in [0.4, 0.5) is 0 Å². The highest BCUT2D eigenvalue weighted by atomic mass is 16.5. The number of carbonyl (C=O) groups excluding carboxylic acids is 5. The quantitative estimate of drug-likeness (QED) is 0.242. The van der Waals surface area contributed by atoms with Gasteiger partial charge in [0.15, 0.2) is 17.9 Å². The molecule has 4 aromatic rings. The molecule has 1 fully saturated rings. The Labute approximate surface area is 313 Å². The molecule has 4 heterocycles. The fourth-order valence-corrected chi connectivity index (χ4v) is 6.91. The summed E-state index contributed by atoms with van der Waals surface area (Å²) >= 11 is 0. The number of hydrogen-bond donors (Lipinski definition) is 3. The average molecular weight is 739 g/mol. The third-order valence-electron chi connectivity index (χ3n) is 9.53. The maximum atomic E-state index is 14.3. The highest BCUT2D eigenvalue weighted by Gasteiger charge is 2.40. The Morgan fingerprint density at radius 3 is 2.50 bits per heavy atom. The van der Waals surface area contributed by atoms with Crippen LogP contribution in [0.5, 0.6) is 5.75 Å². The van der Waals surface area contributed by atoms with E-state index in [0.29, 0.717) is 17.8 Å². The molecule has 15 nitrogen and oxygen atoms in total. The van der Waals surface area contributed by atoms with Crippen LogP contribution >= 0.6 is 0 Å². The van der Waals surface area contributed by atoms with Gasteiger partial charge in [0.25, 0.3) is 11.8 Å². The number of aromatic nitrogens is 3. The minimum absolute atomic E-state index is 0.0435. The zero-order valence-corrected chi connectivity index (χ0v) is 30.6. The number of methoxy groups -OCH3 is 1. The number of amides is 5. The van der Waals surface area contributed by atoms with Crippen molar-refractivity contribution < 1.29 is 33.4 Å². The predicted molar refractivity (Wildman–Crippen MR) is 197 cm³/mol. The van der Waals surface area contributed by atoms with Crippen LogP contribution in [-0.2, 0) is 30.3 Å². The second-order valence-corrected chi connectivity index (χ2v) is 14.1. The van der Waals surface area contributed by atoms with Gasteiger partial charge in [-0.1, -0.05) is 56.3 Å². The summed E-state index contributed by atoms with van der Waals surface area (Å²) < 4.78 is 12.7. The van der Waals surface area contributed by atoms with E-state index in [0.717, 1.165) is 11.1 Å². The molecule has 6 rings (SSSR count). The first-order chi connectivity index (χ1) is 26.1. The molecule has 1 saturated heterocycles. The van der Waals surface area contributed by atoms with Crippen LogP contribution in [0.15, 0.2) is 79.1 Å². The highest BCUT2D eigenvalue weighted by molar-refractivity contribution is 5.95. The molecule has 284 valence electrons. The van der Waals surface area contributed by atoms with Gasteiger partial charge >= 0.3 is 0 Å². The molecule has 2 aromatic heterocycles. The number of fused-ring (bicyclic) bond motifs is 5. The molecule has 0 radical (unpaired) electrons. The zero-order valence-electron chi connectivity index (χ0n) is 30.6. The molecule has 2 aliphatic heterocycles. The molecular formula is C39H46N8O7. The number of ether oxygens (including phenoxy) is 2. The van der Waals surface area contributed by atoms with Crippen LogP contribution in [-0.4, -0.2) is 119 Å². The third-order valence-corrected chi connectivity index (χ3v) is 9.53. The number of rotatable bonds is 8. The maximum Gasteiger partial charge on any atom is 0.274 e. The van der Waals surface area contributed by atoms with Crippen LogP contribution in [0.2, 0.25) is 0 Å². The smallest absolute Gasteiger partial charge is 0.274 e. The summed E-state index contributed by atoms with van der Waals surface area (Å²) in [5.74, 6) is -2.19. The van der Waals surface area contributed by atoms with Crippen LogP contribution in [0.3, 0.4) is 0 Å². The average Bonchev–Trinajstić information content (AvgIpc) is 3.79. The molecule has 2 bridgehead atoms. The number of nitrogens with one attached hydrogen (secondary N) is 3. The maximum absolute atomic E-state index is 14.3. The summed E-state index contributed by atoms with van der Waals surface area (Å²) in [6.45, 7) is 3.79. The zero-order chi connectivity index (χ0) is 38.2. The Balaban J connectivity index is 1.34. The monoisotopic (exact) mass is 738 g/mol. The summed E-state index contributed by atoms with van der Waals surface area (Å²) in [4.78, 5) is 76.3. The largest absolute Gasteiger partial charge is 0.484 e. The number of carbonyl (C=O) groups is 5. The van der Waals surface area contributed by atoms with E-state index in [2.05, 4.69) is 26.0 Å². The predicted octanol–water partition coefficient (Wildman–Crippen LogP) is 1.58. The second kappa shape index (κ2) is 17.3. The molecule has 4 atom stereocenters. The molecule has 5 amide bonds. The first kappa shape index (κ1) is 37.9. The van der Waals surface area contributed by atoms with Crippen molar-refractivity contribution in [1.82, 2.24) is 40.3 Å². The first-order valence-corrected chi connectivity index (χ1v) is 18.1. The van der Waals surface area contributed by atoms with Crippen LogP contribution in [0.25, 0.3) is 5.65 Å².